The molecule has 6 heteroatoms. The minimum atomic E-state index is -0.275. The van der Waals surface area contributed by atoms with Gasteiger partial charge >= 0.3 is 0 Å². The average Bonchev–Trinajstić information content (AvgIpc) is 2.69. The molecule has 0 atom stereocenters. The summed E-state index contributed by atoms with van der Waals surface area (Å²) in [5, 5.41) is 2.84. The van der Waals surface area contributed by atoms with Crippen LogP contribution < -0.4 is 24.3 Å². The standard InChI is InChI=1S/C22H27NO5/c1-5-26-17-10-12-19(27-6-2)18(15-17)23-22(24)13-9-16-8-11-20(25-4)21(14-16)28-7-3/h8-15H,5-7H2,1-4H3,(H,23,24)/b13-9+. The van der Waals surface area contributed by atoms with Gasteiger partial charge in [-0.1, -0.05) is 6.07 Å². The van der Waals surface area contributed by atoms with Crippen LogP contribution in [0.5, 0.6) is 23.0 Å². The lowest BCUT2D eigenvalue weighted by molar-refractivity contribution is -0.111. The van der Waals surface area contributed by atoms with Crippen molar-refractivity contribution in [3.8, 4) is 23.0 Å². The van der Waals surface area contributed by atoms with Crippen LogP contribution in [-0.2, 0) is 4.79 Å². The fourth-order valence-corrected chi connectivity index (χ4v) is 2.56. The lowest BCUT2D eigenvalue weighted by Crippen LogP contribution is -2.10. The van der Waals surface area contributed by atoms with E-state index >= 15 is 0 Å². The van der Waals surface area contributed by atoms with E-state index < -0.39 is 0 Å². The van der Waals surface area contributed by atoms with Crippen molar-refractivity contribution in [2.24, 2.45) is 0 Å². The number of hydrogen-bond donors (Lipinski definition) is 1. The van der Waals surface area contributed by atoms with Crippen molar-refractivity contribution in [2.75, 3.05) is 32.2 Å². The number of carbonyl (C=O) groups excluding carboxylic acids is 1. The first kappa shape index (κ1) is 21.2. The molecule has 0 spiro atoms. The van der Waals surface area contributed by atoms with Gasteiger partial charge < -0.3 is 24.3 Å². The van der Waals surface area contributed by atoms with E-state index in [0.717, 1.165) is 5.56 Å². The molecular weight excluding hydrogens is 358 g/mol. The van der Waals surface area contributed by atoms with Crippen molar-refractivity contribution in [1.29, 1.82) is 0 Å². The van der Waals surface area contributed by atoms with Crippen LogP contribution in [0.25, 0.3) is 6.08 Å². The lowest BCUT2D eigenvalue weighted by Gasteiger charge is -2.12. The second-order valence-corrected chi connectivity index (χ2v) is 5.69. The summed E-state index contributed by atoms with van der Waals surface area (Å²) in [5.41, 5.74) is 1.39. The highest BCUT2D eigenvalue weighted by Gasteiger charge is 2.09. The van der Waals surface area contributed by atoms with Crippen LogP contribution in [0.3, 0.4) is 0 Å². The van der Waals surface area contributed by atoms with Gasteiger partial charge in [-0.2, -0.15) is 0 Å². The van der Waals surface area contributed by atoms with Crippen molar-refractivity contribution in [3.63, 3.8) is 0 Å². The maximum absolute atomic E-state index is 12.4. The van der Waals surface area contributed by atoms with Crippen LogP contribution >= 0.6 is 0 Å². The highest BCUT2D eigenvalue weighted by atomic mass is 16.5. The van der Waals surface area contributed by atoms with Gasteiger partial charge in [0.2, 0.25) is 5.91 Å². The minimum Gasteiger partial charge on any atom is -0.494 e. The summed E-state index contributed by atoms with van der Waals surface area (Å²) in [4.78, 5) is 12.4. The molecule has 2 aromatic carbocycles. The Morgan fingerprint density at radius 1 is 0.893 bits per heavy atom. The molecule has 0 aliphatic carbocycles. The van der Waals surface area contributed by atoms with E-state index in [2.05, 4.69) is 5.32 Å². The Kier molecular flexibility index (Phi) is 8.21. The van der Waals surface area contributed by atoms with Crippen LogP contribution in [0.1, 0.15) is 26.3 Å². The summed E-state index contributed by atoms with van der Waals surface area (Å²) in [6.07, 6.45) is 3.17. The summed E-state index contributed by atoms with van der Waals surface area (Å²) < 4.78 is 21.9. The molecular formula is C22H27NO5. The van der Waals surface area contributed by atoms with E-state index in [1.807, 2.05) is 39.0 Å². The Morgan fingerprint density at radius 2 is 1.57 bits per heavy atom. The van der Waals surface area contributed by atoms with Gasteiger partial charge in [-0.25, -0.2) is 0 Å². The number of hydrogen-bond acceptors (Lipinski definition) is 5. The first-order valence-corrected chi connectivity index (χ1v) is 9.30. The largest absolute Gasteiger partial charge is 0.494 e. The van der Waals surface area contributed by atoms with Gasteiger partial charge in [0, 0.05) is 12.1 Å². The fraction of sp³-hybridized carbons (Fsp3) is 0.318. The normalized spacial score (nSPS) is 10.6. The van der Waals surface area contributed by atoms with E-state index in [1.54, 1.807) is 31.4 Å². The number of benzene rings is 2. The molecule has 28 heavy (non-hydrogen) atoms. The van der Waals surface area contributed by atoms with Crippen molar-refractivity contribution < 1.29 is 23.7 Å². The topological polar surface area (TPSA) is 66.0 Å². The zero-order chi connectivity index (χ0) is 20.4. The molecule has 0 unspecified atom stereocenters. The van der Waals surface area contributed by atoms with Crippen LogP contribution in [-0.4, -0.2) is 32.8 Å². The summed E-state index contributed by atoms with van der Waals surface area (Å²) in [6, 6.07) is 10.8. The fourth-order valence-electron chi connectivity index (χ4n) is 2.56. The predicted molar refractivity (Wildman–Crippen MR) is 111 cm³/mol. The number of methoxy groups -OCH3 is 1. The summed E-state index contributed by atoms with van der Waals surface area (Å²) in [5.74, 6) is 2.27. The molecule has 0 fully saturated rings. The Labute approximate surface area is 166 Å². The molecule has 2 rings (SSSR count). The van der Waals surface area contributed by atoms with Crippen LogP contribution in [0.2, 0.25) is 0 Å². The monoisotopic (exact) mass is 385 g/mol. The molecule has 0 radical (unpaired) electrons. The molecule has 2 aromatic rings. The van der Waals surface area contributed by atoms with Crippen molar-refractivity contribution >= 4 is 17.7 Å². The van der Waals surface area contributed by atoms with Gasteiger partial charge in [-0.15, -0.1) is 0 Å². The third-order valence-corrected chi connectivity index (χ3v) is 3.73. The van der Waals surface area contributed by atoms with Gasteiger partial charge in [-0.3, -0.25) is 4.79 Å². The van der Waals surface area contributed by atoms with E-state index in [1.165, 1.54) is 6.08 Å². The highest BCUT2D eigenvalue weighted by molar-refractivity contribution is 6.03. The van der Waals surface area contributed by atoms with Gasteiger partial charge in [0.05, 0.1) is 32.6 Å². The third-order valence-electron chi connectivity index (χ3n) is 3.73. The van der Waals surface area contributed by atoms with Crippen molar-refractivity contribution in [3.05, 3.63) is 48.0 Å². The zero-order valence-corrected chi connectivity index (χ0v) is 16.8. The molecule has 6 nitrogen and oxygen atoms in total. The smallest absolute Gasteiger partial charge is 0.248 e. The molecule has 0 saturated carbocycles. The Bertz CT molecular complexity index is 817. The van der Waals surface area contributed by atoms with E-state index in [9.17, 15) is 4.79 Å². The summed E-state index contributed by atoms with van der Waals surface area (Å²) in [6.45, 7) is 7.27. The number of anilines is 1. The van der Waals surface area contributed by atoms with Crippen molar-refractivity contribution in [2.45, 2.75) is 20.8 Å². The lowest BCUT2D eigenvalue weighted by atomic mass is 10.2. The molecule has 0 saturated heterocycles. The van der Waals surface area contributed by atoms with E-state index in [0.29, 0.717) is 48.5 Å². The first-order valence-electron chi connectivity index (χ1n) is 9.30. The predicted octanol–water partition coefficient (Wildman–Crippen LogP) is 4.54. The molecule has 150 valence electrons. The second-order valence-electron chi connectivity index (χ2n) is 5.69. The number of carbonyl (C=O) groups is 1. The second kappa shape index (κ2) is 10.9. The highest BCUT2D eigenvalue weighted by Crippen LogP contribution is 2.30. The SMILES string of the molecule is CCOc1ccc(OCC)c(NC(=O)/C=C/c2ccc(OC)c(OCC)c2)c1. The molecule has 1 amide bonds. The maximum Gasteiger partial charge on any atom is 0.248 e. The Balaban J connectivity index is 2.15. The number of amides is 1. The van der Waals surface area contributed by atoms with Crippen LogP contribution in [0, 0.1) is 0 Å². The summed E-state index contributed by atoms with van der Waals surface area (Å²) in [7, 11) is 1.59. The van der Waals surface area contributed by atoms with E-state index in [4.69, 9.17) is 18.9 Å². The minimum absolute atomic E-state index is 0.275. The van der Waals surface area contributed by atoms with Gasteiger partial charge in [0.15, 0.2) is 11.5 Å². The average molecular weight is 385 g/mol. The zero-order valence-electron chi connectivity index (χ0n) is 16.8. The van der Waals surface area contributed by atoms with Gasteiger partial charge in [-0.05, 0) is 56.7 Å². The molecule has 0 aliphatic rings. The first-order chi connectivity index (χ1) is 13.6. The molecule has 0 aliphatic heterocycles. The molecule has 0 heterocycles. The van der Waals surface area contributed by atoms with Crippen molar-refractivity contribution in [1.82, 2.24) is 0 Å². The quantitative estimate of drug-likeness (QED) is 0.608. The van der Waals surface area contributed by atoms with Crippen LogP contribution in [0.4, 0.5) is 5.69 Å². The third kappa shape index (κ3) is 5.94. The molecule has 0 bridgehead atoms. The van der Waals surface area contributed by atoms with Gasteiger partial charge in [0.1, 0.15) is 11.5 Å². The Morgan fingerprint density at radius 3 is 2.25 bits per heavy atom. The summed E-state index contributed by atoms with van der Waals surface area (Å²) >= 11 is 0. The van der Waals surface area contributed by atoms with E-state index in [-0.39, 0.29) is 5.91 Å². The molecule has 1 N–H and O–H groups in total. The van der Waals surface area contributed by atoms with Gasteiger partial charge in [0.25, 0.3) is 0 Å². The Hall–Kier alpha value is -3.15. The maximum atomic E-state index is 12.4. The number of nitrogens with one attached hydrogen (secondary N) is 1. The number of rotatable bonds is 10. The van der Waals surface area contributed by atoms with Crippen LogP contribution in [0.15, 0.2) is 42.5 Å². The number of ether oxygens (including phenoxy) is 4. The molecule has 0 aromatic heterocycles.